The van der Waals surface area contributed by atoms with E-state index >= 15 is 0 Å². The number of piperidine rings is 1. The van der Waals surface area contributed by atoms with E-state index in [1.165, 1.54) is 22.5 Å². The first-order valence-corrected chi connectivity index (χ1v) is 10.2. The van der Waals surface area contributed by atoms with Crippen molar-refractivity contribution in [3.8, 4) is 0 Å². The van der Waals surface area contributed by atoms with Crippen molar-refractivity contribution in [1.82, 2.24) is 23.6 Å². The Balaban J connectivity index is 1.55. The molecule has 0 radical (unpaired) electrons. The molecule has 1 aromatic carbocycles. The molecule has 0 aliphatic carbocycles. The van der Waals surface area contributed by atoms with Crippen LogP contribution in [-0.4, -0.2) is 48.5 Å². The topological polar surface area (TPSA) is 111 Å². The van der Waals surface area contributed by atoms with E-state index < -0.39 is 23.7 Å². The van der Waals surface area contributed by atoms with E-state index in [-0.39, 0.29) is 17.1 Å². The smallest absolute Gasteiger partial charge is 0.332 e. The number of carbonyl (C=O) groups is 2. The number of anilines is 1. The number of carbonyl (C=O) groups excluding carboxylic acids is 2. The second-order valence-electron chi connectivity index (χ2n) is 7.74. The molecule has 0 saturated carbocycles. The second-order valence-corrected chi connectivity index (χ2v) is 7.74. The third kappa shape index (κ3) is 3.88. The first-order chi connectivity index (χ1) is 14.9. The van der Waals surface area contributed by atoms with Gasteiger partial charge in [-0.05, 0) is 37.5 Å². The van der Waals surface area contributed by atoms with Crippen molar-refractivity contribution in [3.63, 3.8) is 0 Å². The Kier molecular flexibility index (Phi) is 5.45. The highest BCUT2D eigenvalue weighted by atomic mass is 16.2. The minimum Gasteiger partial charge on any atom is -0.339 e. The normalized spacial score (nSPS) is 14.1. The third-order valence-electron chi connectivity index (χ3n) is 5.54. The number of amides is 2. The molecule has 10 heteroatoms. The average molecular weight is 424 g/mol. The van der Waals surface area contributed by atoms with Gasteiger partial charge < -0.3 is 14.8 Å². The number of nitrogens with one attached hydrogen (secondary N) is 1. The van der Waals surface area contributed by atoms with Crippen LogP contribution in [0.1, 0.15) is 29.6 Å². The minimum absolute atomic E-state index is 0.0671. The first kappa shape index (κ1) is 20.6. The van der Waals surface area contributed by atoms with Gasteiger partial charge in [0.15, 0.2) is 11.2 Å². The zero-order valence-corrected chi connectivity index (χ0v) is 17.5. The fourth-order valence-corrected chi connectivity index (χ4v) is 3.89. The van der Waals surface area contributed by atoms with E-state index in [0.717, 1.165) is 36.9 Å². The molecule has 0 unspecified atom stereocenters. The predicted octanol–water partition coefficient (Wildman–Crippen LogP) is 0.698. The lowest BCUT2D eigenvalue weighted by Gasteiger charge is -2.26. The number of rotatable bonds is 4. The highest BCUT2D eigenvalue weighted by molar-refractivity contribution is 5.97. The quantitative estimate of drug-likeness (QED) is 0.663. The fourth-order valence-electron chi connectivity index (χ4n) is 3.89. The van der Waals surface area contributed by atoms with Crippen LogP contribution >= 0.6 is 0 Å². The number of nitrogens with zero attached hydrogens (tertiary/aromatic N) is 5. The van der Waals surface area contributed by atoms with Gasteiger partial charge in [-0.3, -0.25) is 19.0 Å². The Labute approximate surface area is 177 Å². The number of fused-ring (bicyclic) bond motifs is 1. The number of aromatic nitrogens is 4. The molecule has 2 aromatic heterocycles. The van der Waals surface area contributed by atoms with Crippen LogP contribution in [0.4, 0.5) is 5.69 Å². The zero-order valence-electron chi connectivity index (χ0n) is 17.5. The van der Waals surface area contributed by atoms with Crippen molar-refractivity contribution in [2.45, 2.75) is 25.8 Å². The summed E-state index contributed by atoms with van der Waals surface area (Å²) in [6, 6.07) is 6.68. The Morgan fingerprint density at radius 3 is 2.58 bits per heavy atom. The maximum Gasteiger partial charge on any atom is 0.332 e. The predicted molar refractivity (Wildman–Crippen MR) is 115 cm³/mol. The number of likely N-dealkylation sites (tertiary alicyclic amines) is 1. The zero-order chi connectivity index (χ0) is 22.1. The van der Waals surface area contributed by atoms with E-state index in [0.29, 0.717) is 11.3 Å². The molecule has 3 aromatic rings. The molecule has 1 N–H and O–H groups in total. The van der Waals surface area contributed by atoms with Gasteiger partial charge in [-0.15, -0.1) is 0 Å². The molecule has 1 aliphatic heterocycles. The van der Waals surface area contributed by atoms with Gasteiger partial charge in [0, 0.05) is 38.4 Å². The molecule has 0 bridgehead atoms. The average Bonchev–Trinajstić information content (AvgIpc) is 3.17. The van der Waals surface area contributed by atoms with E-state index in [1.54, 1.807) is 31.3 Å². The molecule has 1 saturated heterocycles. The van der Waals surface area contributed by atoms with Gasteiger partial charge in [-0.2, -0.15) is 0 Å². The SMILES string of the molecule is Cn1cnc2c1c(=O)n(CC(=O)Nc1cccc(C(=O)N3CCCCC3)c1)c(=O)n2C. The molecule has 1 aliphatic rings. The Morgan fingerprint density at radius 2 is 1.84 bits per heavy atom. The molecule has 162 valence electrons. The minimum atomic E-state index is -0.625. The largest absolute Gasteiger partial charge is 0.339 e. The van der Waals surface area contributed by atoms with Crippen LogP contribution < -0.4 is 16.6 Å². The molecule has 0 atom stereocenters. The summed E-state index contributed by atoms with van der Waals surface area (Å²) in [6.45, 7) is 1.02. The monoisotopic (exact) mass is 424 g/mol. The van der Waals surface area contributed by atoms with Crippen LogP contribution in [0.3, 0.4) is 0 Å². The Bertz CT molecular complexity index is 1280. The summed E-state index contributed by atoms with van der Waals surface area (Å²) in [5.41, 5.74) is 0.216. The van der Waals surface area contributed by atoms with Crippen LogP contribution in [0, 0.1) is 0 Å². The lowest BCUT2D eigenvalue weighted by molar-refractivity contribution is -0.116. The molecule has 0 spiro atoms. The molecule has 4 rings (SSSR count). The van der Waals surface area contributed by atoms with Gasteiger partial charge in [-0.1, -0.05) is 6.07 Å². The molecule has 1 fully saturated rings. The van der Waals surface area contributed by atoms with Gasteiger partial charge in [0.25, 0.3) is 11.5 Å². The Morgan fingerprint density at radius 1 is 1.10 bits per heavy atom. The molecular formula is C21H24N6O4. The second kappa shape index (κ2) is 8.21. The highest BCUT2D eigenvalue weighted by Crippen LogP contribution is 2.16. The summed E-state index contributed by atoms with van der Waals surface area (Å²) in [7, 11) is 3.15. The van der Waals surface area contributed by atoms with Gasteiger partial charge in [0.1, 0.15) is 6.54 Å². The molecule has 10 nitrogen and oxygen atoms in total. The maximum atomic E-state index is 12.7. The molecular weight excluding hydrogens is 400 g/mol. The van der Waals surface area contributed by atoms with Gasteiger partial charge in [0.2, 0.25) is 5.91 Å². The van der Waals surface area contributed by atoms with E-state index in [1.807, 2.05) is 4.90 Å². The van der Waals surface area contributed by atoms with Crippen molar-refractivity contribution in [1.29, 1.82) is 0 Å². The van der Waals surface area contributed by atoms with Crippen LogP contribution in [0.5, 0.6) is 0 Å². The lowest BCUT2D eigenvalue weighted by Crippen LogP contribution is -2.42. The summed E-state index contributed by atoms with van der Waals surface area (Å²) in [4.78, 5) is 56.5. The lowest BCUT2D eigenvalue weighted by atomic mass is 10.1. The number of hydrogen-bond acceptors (Lipinski definition) is 5. The van der Waals surface area contributed by atoms with Crippen LogP contribution in [0.15, 0.2) is 40.2 Å². The van der Waals surface area contributed by atoms with Crippen molar-refractivity contribution >= 4 is 28.7 Å². The number of aryl methyl sites for hydroxylation is 2. The van der Waals surface area contributed by atoms with Crippen LogP contribution in [0.25, 0.3) is 11.2 Å². The van der Waals surface area contributed by atoms with Gasteiger partial charge in [-0.25, -0.2) is 14.3 Å². The van der Waals surface area contributed by atoms with Crippen LogP contribution in [-0.2, 0) is 25.4 Å². The molecule has 3 heterocycles. The maximum absolute atomic E-state index is 12.7. The number of imidazole rings is 1. The molecule has 31 heavy (non-hydrogen) atoms. The third-order valence-corrected chi connectivity index (χ3v) is 5.54. The fraction of sp³-hybridized carbons (Fsp3) is 0.381. The number of benzene rings is 1. The Hall–Kier alpha value is -3.69. The van der Waals surface area contributed by atoms with Gasteiger partial charge >= 0.3 is 5.69 Å². The first-order valence-electron chi connectivity index (χ1n) is 10.2. The van der Waals surface area contributed by atoms with Crippen molar-refractivity contribution in [3.05, 3.63) is 57.0 Å². The summed E-state index contributed by atoms with van der Waals surface area (Å²) < 4.78 is 3.63. The van der Waals surface area contributed by atoms with Crippen molar-refractivity contribution in [2.24, 2.45) is 14.1 Å². The number of hydrogen-bond donors (Lipinski definition) is 1. The van der Waals surface area contributed by atoms with E-state index in [9.17, 15) is 19.2 Å². The van der Waals surface area contributed by atoms with Crippen molar-refractivity contribution < 1.29 is 9.59 Å². The summed E-state index contributed by atoms with van der Waals surface area (Å²) >= 11 is 0. The highest BCUT2D eigenvalue weighted by Gasteiger charge is 2.19. The van der Waals surface area contributed by atoms with E-state index in [2.05, 4.69) is 10.3 Å². The summed E-state index contributed by atoms with van der Waals surface area (Å²) in [5.74, 6) is -0.606. The molecule has 2 amide bonds. The van der Waals surface area contributed by atoms with Crippen LogP contribution in [0.2, 0.25) is 0 Å². The standard InChI is InChI=1S/C21H24N6O4/c1-24-13-22-18-17(24)20(30)27(21(31)25(18)2)12-16(28)23-15-8-6-7-14(11-15)19(29)26-9-4-3-5-10-26/h6-8,11,13H,3-5,9-10,12H2,1-2H3,(H,23,28). The van der Waals surface area contributed by atoms with E-state index in [4.69, 9.17) is 0 Å². The summed E-state index contributed by atoms with van der Waals surface area (Å²) in [6.07, 6.45) is 4.56. The summed E-state index contributed by atoms with van der Waals surface area (Å²) in [5, 5.41) is 2.68. The van der Waals surface area contributed by atoms with Gasteiger partial charge in [0.05, 0.1) is 6.33 Å². The van der Waals surface area contributed by atoms with Crippen molar-refractivity contribution in [2.75, 3.05) is 18.4 Å².